The highest BCUT2D eigenvalue weighted by Crippen LogP contribution is 2.28. The lowest BCUT2D eigenvalue weighted by Crippen LogP contribution is -2.46. The Bertz CT molecular complexity index is 169. The van der Waals surface area contributed by atoms with Gasteiger partial charge in [0.05, 0.1) is 0 Å². The van der Waals surface area contributed by atoms with Crippen LogP contribution in [0.4, 0.5) is 0 Å². The molecule has 0 atom stereocenters. The molecule has 1 rings (SSSR count). The van der Waals surface area contributed by atoms with Crippen LogP contribution < -0.4 is 11.1 Å². The maximum absolute atomic E-state index is 5.91. The van der Waals surface area contributed by atoms with Crippen molar-refractivity contribution in [2.24, 2.45) is 11.1 Å². The molecule has 1 aliphatic heterocycles. The van der Waals surface area contributed by atoms with Gasteiger partial charge in [0.2, 0.25) is 0 Å². The average molecular weight is 200 g/mol. The highest BCUT2D eigenvalue weighted by atomic mass is 16.5. The molecule has 1 aliphatic rings. The number of nitrogens with one attached hydrogen (secondary N) is 1. The van der Waals surface area contributed by atoms with Crippen LogP contribution in [0.1, 0.15) is 33.6 Å². The molecule has 3 nitrogen and oxygen atoms in total. The van der Waals surface area contributed by atoms with E-state index < -0.39 is 0 Å². The van der Waals surface area contributed by atoms with Crippen LogP contribution in [0, 0.1) is 5.41 Å². The van der Waals surface area contributed by atoms with Gasteiger partial charge in [0.25, 0.3) is 0 Å². The van der Waals surface area contributed by atoms with E-state index in [-0.39, 0.29) is 5.54 Å². The Labute approximate surface area is 87.4 Å². The first-order valence-electron chi connectivity index (χ1n) is 5.49. The van der Waals surface area contributed by atoms with Crippen molar-refractivity contribution in [3.05, 3.63) is 0 Å². The van der Waals surface area contributed by atoms with E-state index in [9.17, 15) is 0 Å². The summed E-state index contributed by atoms with van der Waals surface area (Å²) in [4.78, 5) is 0. The fourth-order valence-corrected chi connectivity index (χ4v) is 1.73. The van der Waals surface area contributed by atoms with Crippen LogP contribution in [0.15, 0.2) is 0 Å². The molecular formula is C11H24N2O. The molecule has 0 bridgehead atoms. The van der Waals surface area contributed by atoms with Gasteiger partial charge in [-0.05, 0) is 32.1 Å². The first-order chi connectivity index (χ1) is 6.41. The van der Waals surface area contributed by atoms with E-state index in [0.29, 0.717) is 5.41 Å². The first-order valence-corrected chi connectivity index (χ1v) is 5.49. The van der Waals surface area contributed by atoms with E-state index in [1.165, 1.54) is 0 Å². The highest BCUT2D eigenvalue weighted by molar-refractivity contribution is 4.82. The molecule has 3 N–H and O–H groups in total. The minimum Gasteiger partial charge on any atom is -0.381 e. The van der Waals surface area contributed by atoms with Gasteiger partial charge in [0.1, 0.15) is 0 Å². The van der Waals surface area contributed by atoms with Gasteiger partial charge in [0, 0.05) is 31.8 Å². The van der Waals surface area contributed by atoms with Crippen molar-refractivity contribution in [3.8, 4) is 0 Å². The Hall–Kier alpha value is -0.120. The molecule has 0 unspecified atom stereocenters. The second-order valence-electron chi connectivity index (χ2n) is 5.52. The van der Waals surface area contributed by atoms with Crippen LogP contribution in [0.25, 0.3) is 0 Å². The SMILES string of the molecule is CC(C)(N)CNCC1(C)CCOCC1. The summed E-state index contributed by atoms with van der Waals surface area (Å²) < 4.78 is 5.36. The second-order valence-corrected chi connectivity index (χ2v) is 5.52. The van der Waals surface area contributed by atoms with Crippen LogP contribution in [0.5, 0.6) is 0 Å². The predicted octanol–water partition coefficient (Wildman–Crippen LogP) is 1.13. The molecule has 0 aromatic carbocycles. The molecular weight excluding hydrogens is 176 g/mol. The molecule has 1 heterocycles. The van der Waals surface area contributed by atoms with Gasteiger partial charge in [-0.15, -0.1) is 0 Å². The van der Waals surface area contributed by atoms with Crippen molar-refractivity contribution in [2.45, 2.75) is 39.2 Å². The minimum absolute atomic E-state index is 0.110. The average Bonchev–Trinajstić information content (AvgIpc) is 2.02. The van der Waals surface area contributed by atoms with Crippen LogP contribution in [0.2, 0.25) is 0 Å². The molecule has 0 saturated carbocycles. The van der Waals surface area contributed by atoms with Gasteiger partial charge in [0.15, 0.2) is 0 Å². The van der Waals surface area contributed by atoms with Gasteiger partial charge < -0.3 is 15.8 Å². The molecule has 0 radical (unpaired) electrons. The fraction of sp³-hybridized carbons (Fsp3) is 1.00. The zero-order valence-corrected chi connectivity index (χ0v) is 9.73. The van der Waals surface area contributed by atoms with Crippen molar-refractivity contribution in [1.29, 1.82) is 0 Å². The summed E-state index contributed by atoms with van der Waals surface area (Å²) >= 11 is 0. The van der Waals surface area contributed by atoms with Crippen molar-refractivity contribution in [2.75, 3.05) is 26.3 Å². The summed E-state index contributed by atoms with van der Waals surface area (Å²) in [7, 11) is 0. The largest absolute Gasteiger partial charge is 0.381 e. The normalized spacial score (nSPS) is 22.3. The Morgan fingerprint density at radius 1 is 1.36 bits per heavy atom. The maximum Gasteiger partial charge on any atom is 0.0471 e. The minimum atomic E-state index is -0.110. The fourth-order valence-electron chi connectivity index (χ4n) is 1.73. The third kappa shape index (κ3) is 4.40. The maximum atomic E-state index is 5.91. The number of ether oxygens (including phenoxy) is 1. The van der Waals surface area contributed by atoms with E-state index in [1.54, 1.807) is 0 Å². The Kier molecular flexibility index (Phi) is 3.93. The van der Waals surface area contributed by atoms with Gasteiger partial charge >= 0.3 is 0 Å². The van der Waals surface area contributed by atoms with Crippen LogP contribution >= 0.6 is 0 Å². The molecule has 0 amide bonds. The molecule has 1 fully saturated rings. The Morgan fingerprint density at radius 2 is 1.93 bits per heavy atom. The van der Waals surface area contributed by atoms with Crippen LogP contribution in [-0.4, -0.2) is 31.8 Å². The number of hydrogen-bond donors (Lipinski definition) is 2. The van der Waals surface area contributed by atoms with E-state index >= 15 is 0 Å². The predicted molar refractivity (Wildman–Crippen MR) is 59.3 cm³/mol. The van der Waals surface area contributed by atoms with Gasteiger partial charge in [-0.1, -0.05) is 6.92 Å². The van der Waals surface area contributed by atoms with Gasteiger partial charge in [-0.25, -0.2) is 0 Å². The summed E-state index contributed by atoms with van der Waals surface area (Å²) in [6, 6.07) is 0. The van der Waals surface area contributed by atoms with Crippen molar-refractivity contribution < 1.29 is 4.74 Å². The van der Waals surface area contributed by atoms with Gasteiger partial charge in [-0.2, -0.15) is 0 Å². The third-order valence-electron chi connectivity index (χ3n) is 2.83. The summed E-state index contributed by atoms with van der Waals surface area (Å²) in [5.41, 5.74) is 6.20. The number of nitrogens with two attached hydrogens (primary N) is 1. The summed E-state index contributed by atoms with van der Waals surface area (Å²) in [5.74, 6) is 0. The standard InChI is InChI=1S/C11H24N2O/c1-10(2,12)8-13-9-11(3)4-6-14-7-5-11/h13H,4-9,12H2,1-3H3. The van der Waals surface area contributed by atoms with E-state index in [4.69, 9.17) is 10.5 Å². The van der Waals surface area contributed by atoms with Crippen LogP contribution in [-0.2, 0) is 4.74 Å². The van der Waals surface area contributed by atoms with Crippen molar-refractivity contribution in [3.63, 3.8) is 0 Å². The molecule has 3 heteroatoms. The highest BCUT2D eigenvalue weighted by Gasteiger charge is 2.27. The summed E-state index contributed by atoms with van der Waals surface area (Å²) in [5, 5.41) is 3.46. The Morgan fingerprint density at radius 3 is 2.43 bits per heavy atom. The van der Waals surface area contributed by atoms with Crippen LogP contribution in [0.3, 0.4) is 0 Å². The van der Waals surface area contributed by atoms with E-state index in [2.05, 4.69) is 12.2 Å². The number of hydrogen-bond acceptors (Lipinski definition) is 3. The lowest BCUT2D eigenvalue weighted by Gasteiger charge is -2.34. The van der Waals surface area contributed by atoms with Crippen molar-refractivity contribution in [1.82, 2.24) is 5.32 Å². The molecule has 14 heavy (non-hydrogen) atoms. The molecule has 0 aromatic rings. The summed E-state index contributed by atoms with van der Waals surface area (Å²) in [6.07, 6.45) is 2.32. The topological polar surface area (TPSA) is 47.3 Å². The molecule has 84 valence electrons. The smallest absolute Gasteiger partial charge is 0.0471 e. The molecule has 0 aromatic heterocycles. The second kappa shape index (κ2) is 4.60. The Balaban J connectivity index is 2.22. The van der Waals surface area contributed by atoms with E-state index in [0.717, 1.165) is 39.1 Å². The zero-order valence-electron chi connectivity index (χ0n) is 9.73. The first kappa shape index (κ1) is 12.0. The monoisotopic (exact) mass is 200 g/mol. The molecule has 0 spiro atoms. The number of rotatable bonds is 4. The lowest BCUT2D eigenvalue weighted by molar-refractivity contribution is 0.0238. The molecule has 1 saturated heterocycles. The summed E-state index contributed by atoms with van der Waals surface area (Å²) in [6.45, 7) is 10.2. The quantitative estimate of drug-likeness (QED) is 0.715. The zero-order chi connectivity index (χ0) is 10.7. The molecule has 0 aliphatic carbocycles. The van der Waals surface area contributed by atoms with E-state index in [1.807, 2.05) is 13.8 Å². The van der Waals surface area contributed by atoms with Gasteiger partial charge in [-0.3, -0.25) is 0 Å². The third-order valence-corrected chi connectivity index (χ3v) is 2.83. The van der Waals surface area contributed by atoms with Crippen molar-refractivity contribution >= 4 is 0 Å². The lowest BCUT2D eigenvalue weighted by atomic mass is 9.82.